The van der Waals surface area contributed by atoms with Crippen molar-refractivity contribution in [3.8, 4) is 0 Å². The quantitative estimate of drug-likeness (QED) is 0.692. The first kappa shape index (κ1) is 22.4. The van der Waals surface area contributed by atoms with Crippen LogP contribution < -0.4 is 9.62 Å². The highest BCUT2D eigenvalue weighted by molar-refractivity contribution is 7.92. The Kier molecular flexibility index (Phi) is 6.97. The Morgan fingerprint density at radius 2 is 1.86 bits per heavy atom. The number of amides is 1. The summed E-state index contributed by atoms with van der Waals surface area (Å²) in [4.78, 5) is 24.7. The van der Waals surface area contributed by atoms with E-state index in [9.17, 15) is 22.4 Å². The second-order valence-electron chi connectivity index (χ2n) is 6.43. The molecule has 0 unspecified atom stereocenters. The molecule has 0 heterocycles. The van der Waals surface area contributed by atoms with Gasteiger partial charge in [-0.15, -0.1) is 0 Å². The number of hydrogen-bond acceptors (Lipinski definition) is 5. The topological polar surface area (TPSA) is 92.8 Å². The van der Waals surface area contributed by atoms with Crippen molar-refractivity contribution in [3.63, 3.8) is 0 Å². The summed E-state index contributed by atoms with van der Waals surface area (Å²) in [7, 11) is -3.96. The van der Waals surface area contributed by atoms with E-state index in [0.29, 0.717) is 11.3 Å². The first-order valence-corrected chi connectivity index (χ1v) is 10.7. The van der Waals surface area contributed by atoms with Crippen molar-refractivity contribution in [3.05, 3.63) is 59.4 Å². The maximum absolute atomic E-state index is 14.2. The van der Waals surface area contributed by atoms with Crippen LogP contribution in [-0.2, 0) is 19.6 Å². The maximum atomic E-state index is 14.2. The van der Waals surface area contributed by atoms with E-state index < -0.39 is 33.8 Å². The van der Waals surface area contributed by atoms with Gasteiger partial charge in [0.25, 0.3) is 0 Å². The Morgan fingerprint density at radius 3 is 2.45 bits per heavy atom. The monoisotopic (exact) mass is 422 g/mol. The van der Waals surface area contributed by atoms with Gasteiger partial charge in [-0.3, -0.25) is 9.10 Å². The second-order valence-corrected chi connectivity index (χ2v) is 8.29. The highest BCUT2D eigenvalue weighted by Crippen LogP contribution is 2.25. The number of esters is 1. The number of nitrogens with one attached hydrogen (secondary N) is 1. The van der Waals surface area contributed by atoms with Crippen molar-refractivity contribution in [2.45, 2.75) is 26.8 Å². The third-order valence-electron chi connectivity index (χ3n) is 4.18. The fraction of sp³-hybridized carbons (Fsp3) is 0.300. The molecule has 0 spiro atoms. The van der Waals surface area contributed by atoms with E-state index in [1.165, 1.54) is 31.2 Å². The molecule has 0 radical (unpaired) electrons. The molecular formula is C20H23FN2O5S. The van der Waals surface area contributed by atoms with E-state index in [-0.39, 0.29) is 17.9 Å². The van der Waals surface area contributed by atoms with Gasteiger partial charge >= 0.3 is 5.97 Å². The lowest BCUT2D eigenvalue weighted by Gasteiger charge is -2.28. The predicted octanol–water partition coefficient (Wildman–Crippen LogP) is 3.10. The minimum atomic E-state index is -3.96. The molecule has 0 saturated carbocycles. The predicted molar refractivity (Wildman–Crippen MR) is 109 cm³/mol. The molecule has 0 aromatic heterocycles. The fourth-order valence-corrected chi connectivity index (χ4v) is 3.92. The highest BCUT2D eigenvalue weighted by atomic mass is 32.2. The molecule has 0 bridgehead atoms. The Hall–Kier alpha value is -2.94. The molecule has 7 nitrogen and oxygen atoms in total. The summed E-state index contributed by atoms with van der Waals surface area (Å²) in [5.74, 6) is -1.99. The van der Waals surface area contributed by atoms with Gasteiger partial charge in [0.2, 0.25) is 15.9 Å². The molecule has 1 N–H and O–H groups in total. The van der Waals surface area contributed by atoms with Gasteiger partial charge in [0.05, 0.1) is 24.1 Å². The van der Waals surface area contributed by atoms with E-state index in [0.717, 1.165) is 16.6 Å². The van der Waals surface area contributed by atoms with Crippen LogP contribution in [0, 0.1) is 12.7 Å². The average Bonchev–Trinajstić information content (AvgIpc) is 2.64. The number of rotatable bonds is 7. The number of anilines is 2. The summed E-state index contributed by atoms with van der Waals surface area (Å²) >= 11 is 0. The first-order valence-electron chi connectivity index (χ1n) is 8.88. The second kappa shape index (κ2) is 9.04. The minimum absolute atomic E-state index is 0.206. The fourth-order valence-electron chi connectivity index (χ4n) is 2.75. The summed E-state index contributed by atoms with van der Waals surface area (Å²) < 4.78 is 44.4. The third kappa shape index (κ3) is 5.32. The summed E-state index contributed by atoms with van der Waals surface area (Å²) in [5, 5.41) is 2.61. The van der Waals surface area contributed by atoms with E-state index in [4.69, 9.17) is 4.74 Å². The van der Waals surface area contributed by atoms with Gasteiger partial charge in [0.1, 0.15) is 11.9 Å². The van der Waals surface area contributed by atoms with Crippen molar-refractivity contribution in [2.75, 3.05) is 22.5 Å². The largest absolute Gasteiger partial charge is 0.462 e. The van der Waals surface area contributed by atoms with Crippen LogP contribution in [-0.4, -0.2) is 39.2 Å². The van der Waals surface area contributed by atoms with Crippen LogP contribution in [0.25, 0.3) is 0 Å². The normalized spacial score (nSPS) is 12.2. The van der Waals surface area contributed by atoms with Crippen molar-refractivity contribution >= 4 is 33.3 Å². The van der Waals surface area contributed by atoms with Crippen LogP contribution in [0.15, 0.2) is 42.5 Å². The number of carbonyl (C=O) groups is 2. The van der Waals surface area contributed by atoms with E-state index in [1.54, 1.807) is 26.0 Å². The molecule has 0 aliphatic carbocycles. The summed E-state index contributed by atoms with van der Waals surface area (Å²) in [6, 6.07) is 8.71. The number of ether oxygens (including phenoxy) is 1. The summed E-state index contributed by atoms with van der Waals surface area (Å²) in [6.07, 6.45) is 0.899. The molecular weight excluding hydrogens is 399 g/mol. The molecule has 156 valence electrons. The van der Waals surface area contributed by atoms with Crippen LogP contribution in [0.3, 0.4) is 0 Å². The SMILES string of the molecule is CCOC(=O)c1ccc(C)c(NC(=O)[C@H](C)N(c2ccccc2F)S(C)(=O)=O)c1. The van der Waals surface area contributed by atoms with Gasteiger partial charge in [-0.05, 0) is 50.6 Å². The molecule has 1 atom stereocenters. The number of aryl methyl sites for hydroxylation is 1. The minimum Gasteiger partial charge on any atom is -0.462 e. The van der Waals surface area contributed by atoms with E-state index in [2.05, 4.69) is 5.32 Å². The number of benzene rings is 2. The van der Waals surface area contributed by atoms with Crippen LogP contribution in [0.1, 0.15) is 29.8 Å². The molecule has 2 rings (SSSR count). The van der Waals surface area contributed by atoms with Crippen molar-refractivity contribution in [1.29, 1.82) is 0 Å². The smallest absolute Gasteiger partial charge is 0.338 e. The summed E-state index contributed by atoms with van der Waals surface area (Å²) in [5.41, 5.74) is 1.01. The third-order valence-corrected chi connectivity index (χ3v) is 5.41. The first-order chi connectivity index (χ1) is 13.6. The Labute approximate surface area is 169 Å². The van der Waals surface area contributed by atoms with E-state index >= 15 is 0 Å². The number of halogens is 1. The zero-order chi connectivity index (χ0) is 21.8. The lowest BCUT2D eigenvalue weighted by molar-refractivity contribution is -0.116. The van der Waals surface area contributed by atoms with Crippen LogP contribution >= 0.6 is 0 Å². The van der Waals surface area contributed by atoms with Crippen molar-refractivity contribution in [2.24, 2.45) is 0 Å². The maximum Gasteiger partial charge on any atom is 0.338 e. The standard InChI is InChI=1S/C20H23FN2O5S/c1-5-28-20(25)15-11-10-13(2)17(12-15)22-19(24)14(3)23(29(4,26)27)18-9-7-6-8-16(18)21/h6-12,14H,5H2,1-4H3,(H,22,24)/t14-/m0/s1. The Bertz CT molecular complexity index is 1020. The molecule has 0 saturated heterocycles. The molecule has 0 aliphatic heterocycles. The van der Waals surface area contributed by atoms with Gasteiger partial charge in [-0.25, -0.2) is 17.6 Å². The molecule has 1 amide bonds. The Morgan fingerprint density at radius 1 is 1.21 bits per heavy atom. The number of sulfonamides is 1. The average molecular weight is 422 g/mol. The van der Waals surface area contributed by atoms with E-state index in [1.807, 2.05) is 0 Å². The molecule has 2 aromatic carbocycles. The van der Waals surface area contributed by atoms with Crippen molar-refractivity contribution in [1.82, 2.24) is 0 Å². The number of carbonyl (C=O) groups excluding carboxylic acids is 2. The number of nitrogens with zero attached hydrogens (tertiary/aromatic N) is 1. The van der Waals surface area contributed by atoms with Gasteiger partial charge in [-0.2, -0.15) is 0 Å². The number of para-hydroxylation sites is 1. The lowest BCUT2D eigenvalue weighted by Crippen LogP contribution is -2.45. The van der Waals surface area contributed by atoms with Gasteiger partial charge in [-0.1, -0.05) is 18.2 Å². The lowest BCUT2D eigenvalue weighted by atomic mass is 10.1. The van der Waals surface area contributed by atoms with Crippen LogP contribution in [0.4, 0.5) is 15.8 Å². The molecule has 0 fully saturated rings. The molecule has 0 aliphatic rings. The Balaban J connectivity index is 2.35. The summed E-state index contributed by atoms with van der Waals surface area (Å²) in [6.45, 7) is 4.96. The highest BCUT2D eigenvalue weighted by Gasteiger charge is 2.31. The molecule has 2 aromatic rings. The van der Waals surface area contributed by atoms with Crippen molar-refractivity contribution < 1.29 is 27.1 Å². The number of hydrogen-bond donors (Lipinski definition) is 1. The van der Waals surface area contributed by atoms with Gasteiger partial charge in [0, 0.05) is 5.69 Å². The van der Waals surface area contributed by atoms with Crippen LogP contribution in [0.5, 0.6) is 0 Å². The molecule has 9 heteroatoms. The molecule has 29 heavy (non-hydrogen) atoms. The zero-order valence-electron chi connectivity index (χ0n) is 16.6. The van der Waals surface area contributed by atoms with Gasteiger partial charge in [0.15, 0.2) is 0 Å². The zero-order valence-corrected chi connectivity index (χ0v) is 17.4. The van der Waals surface area contributed by atoms with Crippen LogP contribution in [0.2, 0.25) is 0 Å². The van der Waals surface area contributed by atoms with Gasteiger partial charge < -0.3 is 10.1 Å².